The van der Waals surface area contributed by atoms with E-state index >= 15 is 0 Å². The largest absolute Gasteiger partial charge is 0.493 e. The second kappa shape index (κ2) is 7.04. The Morgan fingerprint density at radius 2 is 2.15 bits per heavy atom. The molecule has 0 saturated heterocycles. The molecule has 1 unspecified atom stereocenters. The third-order valence-electron chi connectivity index (χ3n) is 2.45. The molecule has 0 aliphatic rings. The van der Waals surface area contributed by atoms with Crippen molar-refractivity contribution in [2.24, 2.45) is 0 Å². The van der Waals surface area contributed by atoms with Crippen LogP contribution < -0.4 is 14.8 Å². The van der Waals surface area contributed by atoms with Gasteiger partial charge in [-0.15, -0.1) is 6.42 Å². The van der Waals surface area contributed by atoms with Crippen LogP contribution in [0.5, 0.6) is 11.5 Å². The minimum Gasteiger partial charge on any atom is -0.493 e. The van der Waals surface area contributed by atoms with Gasteiger partial charge in [0.05, 0.1) is 19.2 Å². The Morgan fingerprint density at radius 3 is 2.70 bits per heavy atom. The van der Waals surface area contributed by atoms with Crippen LogP contribution in [0.25, 0.3) is 0 Å². The summed E-state index contributed by atoms with van der Waals surface area (Å²) >= 11 is 0. The standard InChI is InChI=1S/C14H15NO5/c1-4-7-15-13(16)9(2)20-12-8-10(14(17)18)5-6-11(12)19-3/h1,5-6,8-9H,7H2,2-3H3,(H,15,16)(H,17,18). The molecule has 0 radical (unpaired) electrons. The normalized spacial score (nSPS) is 11.1. The molecule has 1 amide bonds. The first kappa shape index (κ1) is 15.4. The first-order valence-electron chi connectivity index (χ1n) is 5.78. The lowest BCUT2D eigenvalue weighted by Crippen LogP contribution is -2.36. The molecule has 1 aromatic rings. The molecule has 1 atom stereocenters. The number of hydrogen-bond donors (Lipinski definition) is 2. The lowest BCUT2D eigenvalue weighted by Gasteiger charge is -2.16. The highest BCUT2D eigenvalue weighted by Crippen LogP contribution is 2.29. The number of benzene rings is 1. The number of aromatic carboxylic acids is 1. The van der Waals surface area contributed by atoms with E-state index in [0.29, 0.717) is 5.75 Å². The molecule has 0 heterocycles. The second-order valence-electron chi connectivity index (χ2n) is 3.85. The van der Waals surface area contributed by atoms with E-state index in [1.54, 1.807) is 0 Å². The number of carboxylic acid groups (broad SMARTS) is 1. The molecule has 0 bridgehead atoms. The molecule has 0 saturated carbocycles. The average molecular weight is 277 g/mol. The van der Waals surface area contributed by atoms with E-state index in [1.165, 1.54) is 32.2 Å². The molecule has 6 nitrogen and oxygen atoms in total. The van der Waals surface area contributed by atoms with Crippen molar-refractivity contribution in [3.8, 4) is 23.8 Å². The number of amides is 1. The summed E-state index contributed by atoms with van der Waals surface area (Å²) in [7, 11) is 1.42. The zero-order chi connectivity index (χ0) is 15.1. The van der Waals surface area contributed by atoms with Crippen molar-refractivity contribution in [1.82, 2.24) is 5.32 Å². The quantitative estimate of drug-likeness (QED) is 0.755. The SMILES string of the molecule is C#CCNC(=O)C(C)Oc1cc(C(=O)O)ccc1OC. The molecule has 1 aromatic carbocycles. The fourth-order valence-electron chi connectivity index (χ4n) is 1.43. The maximum Gasteiger partial charge on any atom is 0.335 e. The van der Waals surface area contributed by atoms with Crippen LogP contribution in [0, 0.1) is 12.3 Å². The molecule has 6 heteroatoms. The van der Waals surface area contributed by atoms with Gasteiger partial charge >= 0.3 is 5.97 Å². The molecule has 20 heavy (non-hydrogen) atoms. The van der Waals surface area contributed by atoms with Gasteiger partial charge in [-0.25, -0.2) is 4.79 Å². The number of ether oxygens (including phenoxy) is 2. The fraction of sp³-hybridized carbons (Fsp3) is 0.286. The van der Waals surface area contributed by atoms with Gasteiger partial charge in [-0.2, -0.15) is 0 Å². The predicted octanol–water partition coefficient (Wildman–Crippen LogP) is 0.910. The number of nitrogens with one attached hydrogen (secondary N) is 1. The molecule has 0 aliphatic heterocycles. The molecule has 0 spiro atoms. The number of terminal acetylenes is 1. The highest BCUT2D eigenvalue weighted by atomic mass is 16.5. The molecular weight excluding hydrogens is 262 g/mol. The maximum atomic E-state index is 11.6. The van der Waals surface area contributed by atoms with Crippen molar-refractivity contribution in [1.29, 1.82) is 0 Å². The summed E-state index contributed by atoms with van der Waals surface area (Å²) < 4.78 is 10.5. The van der Waals surface area contributed by atoms with Crippen molar-refractivity contribution in [3.63, 3.8) is 0 Å². The smallest absolute Gasteiger partial charge is 0.335 e. The van der Waals surface area contributed by atoms with Gasteiger partial charge in [0.15, 0.2) is 17.6 Å². The first-order chi connectivity index (χ1) is 9.49. The minimum absolute atomic E-state index is 0.0389. The number of carbonyl (C=O) groups is 2. The summed E-state index contributed by atoms with van der Waals surface area (Å²) in [4.78, 5) is 22.6. The number of rotatable bonds is 6. The molecule has 0 aliphatic carbocycles. The van der Waals surface area contributed by atoms with Gasteiger partial charge in [0.2, 0.25) is 0 Å². The van der Waals surface area contributed by atoms with Gasteiger partial charge in [0.25, 0.3) is 5.91 Å². The van der Waals surface area contributed by atoms with E-state index in [9.17, 15) is 9.59 Å². The van der Waals surface area contributed by atoms with Crippen LogP contribution in [0.2, 0.25) is 0 Å². The Labute approximate surface area is 116 Å². The number of carbonyl (C=O) groups excluding carboxylic acids is 1. The van der Waals surface area contributed by atoms with Crippen LogP contribution in [0.4, 0.5) is 0 Å². The predicted molar refractivity (Wildman–Crippen MR) is 71.9 cm³/mol. The van der Waals surface area contributed by atoms with Gasteiger partial charge in [-0.1, -0.05) is 5.92 Å². The van der Waals surface area contributed by atoms with Gasteiger partial charge in [0, 0.05) is 0 Å². The minimum atomic E-state index is -1.10. The Kier molecular flexibility index (Phi) is 5.42. The van der Waals surface area contributed by atoms with E-state index in [4.69, 9.17) is 21.0 Å². The summed E-state index contributed by atoms with van der Waals surface area (Å²) in [6.45, 7) is 1.62. The Hall–Kier alpha value is -2.68. The average Bonchev–Trinajstić information content (AvgIpc) is 2.44. The topological polar surface area (TPSA) is 84.9 Å². The van der Waals surface area contributed by atoms with Gasteiger partial charge in [-0.3, -0.25) is 4.79 Å². The monoisotopic (exact) mass is 277 g/mol. The molecule has 0 fully saturated rings. The number of methoxy groups -OCH3 is 1. The van der Waals surface area contributed by atoms with Crippen LogP contribution in [0.3, 0.4) is 0 Å². The van der Waals surface area contributed by atoms with E-state index in [1.807, 2.05) is 0 Å². The van der Waals surface area contributed by atoms with Crippen molar-refractivity contribution in [2.75, 3.05) is 13.7 Å². The van der Waals surface area contributed by atoms with Crippen molar-refractivity contribution in [2.45, 2.75) is 13.0 Å². The van der Waals surface area contributed by atoms with Crippen LogP contribution in [-0.2, 0) is 4.79 Å². The van der Waals surface area contributed by atoms with Gasteiger partial charge in [-0.05, 0) is 25.1 Å². The van der Waals surface area contributed by atoms with E-state index < -0.39 is 18.0 Å². The zero-order valence-electron chi connectivity index (χ0n) is 11.2. The second-order valence-corrected chi connectivity index (χ2v) is 3.85. The van der Waals surface area contributed by atoms with Crippen molar-refractivity contribution in [3.05, 3.63) is 23.8 Å². The van der Waals surface area contributed by atoms with Gasteiger partial charge < -0.3 is 19.9 Å². The highest BCUT2D eigenvalue weighted by Gasteiger charge is 2.17. The Morgan fingerprint density at radius 1 is 1.45 bits per heavy atom. The van der Waals surface area contributed by atoms with Crippen molar-refractivity contribution < 1.29 is 24.2 Å². The Bertz CT molecular complexity index is 547. The van der Waals surface area contributed by atoms with Crippen LogP contribution in [-0.4, -0.2) is 36.7 Å². The molecule has 106 valence electrons. The lowest BCUT2D eigenvalue weighted by molar-refractivity contribution is -0.127. The molecule has 1 rings (SSSR count). The zero-order valence-corrected chi connectivity index (χ0v) is 11.2. The first-order valence-corrected chi connectivity index (χ1v) is 5.78. The summed E-state index contributed by atoms with van der Waals surface area (Å²) in [6.07, 6.45) is 4.21. The Balaban J connectivity index is 2.89. The fourth-order valence-corrected chi connectivity index (χ4v) is 1.43. The van der Waals surface area contributed by atoms with E-state index in [-0.39, 0.29) is 17.9 Å². The molecular formula is C14H15NO5. The molecule has 0 aromatic heterocycles. The summed E-state index contributed by atoms with van der Waals surface area (Å²) in [5.74, 6) is 1.30. The summed E-state index contributed by atoms with van der Waals surface area (Å²) in [5.41, 5.74) is 0.0389. The van der Waals surface area contributed by atoms with Gasteiger partial charge in [0.1, 0.15) is 0 Å². The number of hydrogen-bond acceptors (Lipinski definition) is 4. The van der Waals surface area contributed by atoms with Crippen LogP contribution in [0.1, 0.15) is 17.3 Å². The highest BCUT2D eigenvalue weighted by molar-refractivity contribution is 5.88. The summed E-state index contributed by atoms with van der Waals surface area (Å²) in [5, 5.41) is 11.4. The molecule has 2 N–H and O–H groups in total. The van der Waals surface area contributed by atoms with E-state index in [2.05, 4.69) is 11.2 Å². The van der Waals surface area contributed by atoms with E-state index in [0.717, 1.165) is 0 Å². The third-order valence-corrected chi connectivity index (χ3v) is 2.45. The lowest BCUT2D eigenvalue weighted by atomic mass is 10.2. The maximum absolute atomic E-state index is 11.6. The third kappa shape index (κ3) is 3.92. The van der Waals surface area contributed by atoms with Crippen LogP contribution >= 0.6 is 0 Å². The number of carboxylic acids is 1. The van der Waals surface area contributed by atoms with Crippen LogP contribution in [0.15, 0.2) is 18.2 Å². The van der Waals surface area contributed by atoms with Crippen molar-refractivity contribution >= 4 is 11.9 Å². The summed E-state index contributed by atoms with van der Waals surface area (Å²) in [6, 6.07) is 4.15.